The van der Waals surface area contributed by atoms with Crippen LogP contribution >= 0.6 is 0 Å². The van der Waals surface area contributed by atoms with Crippen LogP contribution in [0.2, 0.25) is 0 Å². The largest absolute Gasteiger partial charge is 0.478 e. The highest BCUT2D eigenvalue weighted by Gasteiger charge is 2.50. The van der Waals surface area contributed by atoms with Crippen molar-refractivity contribution in [2.75, 3.05) is 0 Å². The SMILES string of the molecule is Cc1ccc(-n2nc(-c3nc(C4(c5ccccc5C)CC4)no3)cc2C(F)F)cc1C(=O)O. The average molecular weight is 450 g/mol. The molecule has 7 nitrogen and oxygen atoms in total. The maximum Gasteiger partial charge on any atom is 0.336 e. The van der Waals surface area contributed by atoms with Gasteiger partial charge in [0, 0.05) is 0 Å². The van der Waals surface area contributed by atoms with E-state index in [2.05, 4.69) is 15.2 Å². The van der Waals surface area contributed by atoms with E-state index in [1.807, 2.05) is 31.2 Å². The number of aryl methyl sites for hydroxylation is 2. The molecule has 0 spiro atoms. The molecule has 2 aromatic carbocycles. The van der Waals surface area contributed by atoms with Gasteiger partial charge in [-0.05, 0) is 61.6 Å². The Kier molecular flexibility index (Phi) is 4.84. The normalized spacial score (nSPS) is 14.6. The van der Waals surface area contributed by atoms with E-state index >= 15 is 0 Å². The van der Waals surface area contributed by atoms with Gasteiger partial charge in [0.2, 0.25) is 0 Å². The molecule has 1 saturated carbocycles. The van der Waals surface area contributed by atoms with Crippen molar-refractivity contribution in [3.8, 4) is 17.3 Å². The third kappa shape index (κ3) is 3.49. The Morgan fingerprint density at radius 1 is 1.12 bits per heavy atom. The van der Waals surface area contributed by atoms with Crippen molar-refractivity contribution >= 4 is 5.97 Å². The van der Waals surface area contributed by atoms with E-state index in [-0.39, 0.29) is 28.3 Å². The Morgan fingerprint density at radius 3 is 2.55 bits per heavy atom. The predicted molar refractivity (Wildman–Crippen MR) is 115 cm³/mol. The van der Waals surface area contributed by atoms with Crippen molar-refractivity contribution in [2.24, 2.45) is 0 Å². The molecule has 4 aromatic rings. The molecule has 168 valence electrons. The minimum atomic E-state index is -2.84. The number of hydrogen-bond acceptors (Lipinski definition) is 5. The van der Waals surface area contributed by atoms with Crippen LogP contribution in [0.25, 0.3) is 17.3 Å². The molecule has 0 bridgehead atoms. The Balaban J connectivity index is 1.55. The van der Waals surface area contributed by atoms with Gasteiger partial charge in [-0.25, -0.2) is 18.3 Å². The van der Waals surface area contributed by atoms with Gasteiger partial charge in [-0.1, -0.05) is 35.5 Å². The molecule has 0 unspecified atom stereocenters. The van der Waals surface area contributed by atoms with Crippen LogP contribution in [0, 0.1) is 13.8 Å². The molecule has 5 rings (SSSR count). The van der Waals surface area contributed by atoms with Gasteiger partial charge in [0.1, 0.15) is 5.69 Å². The zero-order valence-corrected chi connectivity index (χ0v) is 17.9. The number of halogens is 2. The minimum absolute atomic E-state index is 0.0127. The molecule has 2 aromatic heterocycles. The summed E-state index contributed by atoms with van der Waals surface area (Å²) in [7, 11) is 0. The second-order valence-electron chi connectivity index (χ2n) is 8.29. The second-order valence-corrected chi connectivity index (χ2v) is 8.29. The van der Waals surface area contributed by atoms with Gasteiger partial charge < -0.3 is 9.63 Å². The summed E-state index contributed by atoms with van der Waals surface area (Å²) in [5.74, 6) is -0.604. The summed E-state index contributed by atoms with van der Waals surface area (Å²) in [6.07, 6.45) is -1.10. The van der Waals surface area contributed by atoms with E-state index < -0.39 is 18.1 Å². The number of hydrogen-bond donors (Lipinski definition) is 1. The molecule has 0 atom stereocenters. The summed E-state index contributed by atoms with van der Waals surface area (Å²) in [5, 5.41) is 17.8. The average Bonchev–Trinajstić information content (AvgIpc) is 3.21. The van der Waals surface area contributed by atoms with E-state index in [4.69, 9.17) is 4.52 Å². The first-order valence-electron chi connectivity index (χ1n) is 10.4. The van der Waals surface area contributed by atoms with E-state index in [1.54, 1.807) is 19.1 Å². The molecule has 1 aliphatic rings. The first kappa shape index (κ1) is 21.0. The molecule has 1 fully saturated rings. The number of benzene rings is 2. The van der Waals surface area contributed by atoms with Gasteiger partial charge in [0.25, 0.3) is 12.3 Å². The van der Waals surface area contributed by atoms with E-state index in [0.717, 1.165) is 28.7 Å². The van der Waals surface area contributed by atoms with E-state index in [9.17, 15) is 18.7 Å². The highest BCUT2D eigenvalue weighted by atomic mass is 19.3. The van der Waals surface area contributed by atoms with Gasteiger partial charge in [0.05, 0.1) is 16.7 Å². The van der Waals surface area contributed by atoms with Crippen molar-refractivity contribution in [3.05, 3.63) is 82.3 Å². The number of nitrogens with zero attached hydrogens (tertiary/aromatic N) is 4. The maximum atomic E-state index is 13.8. The Morgan fingerprint density at radius 2 is 1.88 bits per heavy atom. The first-order valence-corrected chi connectivity index (χ1v) is 10.4. The fraction of sp³-hybridized carbons (Fsp3) is 0.250. The van der Waals surface area contributed by atoms with Crippen LogP contribution in [0.3, 0.4) is 0 Å². The Labute approximate surface area is 187 Å². The molecule has 0 radical (unpaired) electrons. The van der Waals surface area contributed by atoms with Crippen molar-refractivity contribution in [1.82, 2.24) is 19.9 Å². The van der Waals surface area contributed by atoms with Crippen molar-refractivity contribution in [2.45, 2.75) is 38.5 Å². The maximum absolute atomic E-state index is 13.8. The fourth-order valence-corrected chi connectivity index (χ4v) is 4.20. The third-order valence-electron chi connectivity index (χ3n) is 6.14. The van der Waals surface area contributed by atoms with Gasteiger partial charge in [-0.15, -0.1) is 0 Å². The van der Waals surface area contributed by atoms with Gasteiger partial charge in [-0.3, -0.25) is 0 Å². The van der Waals surface area contributed by atoms with Crippen LogP contribution in [0.5, 0.6) is 0 Å². The van der Waals surface area contributed by atoms with E-state index in [1.165, 1.54) is 12.1 Å². The molecular weight excluding hydrogens is 430 g/mol. The number of aromatic carboxylic acids is 1. The van der Waals surface area contributed by atoms with Crippen LogP contribution in [0.15, 0.2) is 53.1 Å². The second kappa shape index (κ2) is 7.61. The number of carboxylic acid groups (broad SMARTS) is 1. The molecule has 0 saturated heterocycles. The van der Waals surface area contributed by atoms with Gasteiger partial charge in [0.15, 0.2) is 11.5 Å². The van der Waals surface area contributed by atoms with Crippen LogP contribution in [0.4, 0.5) is 8.78 Å². The zero-order valence-electron chi connectivity index (χ0n) is 17.9. The molecule has 9 heteroatoms. The van der Waals surface area contributed by atoms with E-state index in [0.29, 0.717) is 11.4 Å². The zero-order chi connectivity index (χ0) is 23.3. The van der Waals surface area contributed by atoms with Crippen molar-refractivity contribution in [1.29, 1.82) is 0 Å². The summed E-state index contributed by atoms with van der Waals surface area (Å²) < 4.78 is 34.1. The fourth-order valence-electron chi connectivity index (χ4n) is 4.20. The monoisotopic (exact) mass is 450 g/mol. The number of rotatable bonds is 6. The van der Waals surface area contributed by atoms with Crippen molar-refractivity contribution < 1.29 is 23.2 Å². The molecule has 1 aliphatic carbocycles. The lowest BCUT2D eigenvalue weighted by atomic mass is 9.91. The smallest absolute Gasteiger partial charge is 0.336 e. The molecule has 33 heavy (non-hydrogen) atoms. The lowest BCUT2D eigenvalue weighted by Crippen LogP contribution is -2.12. The third-order valence-corrected chi connectivity index (χ3v) is 6.14. The standard InChI is InChI=1S/C24H20F2N4O3/c1-13-7-8-15(11-16(13)22(31)32)30-19(20(25)26)12-18(28-30)21-27-23(29-33-21)24(9-10-24)17-6-4-3-5-14(17)2/h3-8,11-12,20H,9-10H2,1-2H3,(H,31,32). The topological polar surface area (TPSA) is 94.0 Å². The van der Waals surface area contributed by atoms with Crippen LogP contribution in [-0.4, -0.2) is 31.0 Å². The first-order chi connectivity index (χ1) is 15.8. The summed E-state index contributed by atoms with van der Waals surface area (Å²) in [4.78, 5) is 16.0. The van der Waals surface area contributed by atoms with Crippen LogP contribution < -0.4 is 0 Å². The Hall–Kier alpha value is -3.88. The number of aromatic nitrogens is 4. The highest BCUT2D eigenvalue weighted by Crippen LogP contribution is 2.53. The summed E-state index contributed by atoms with van der Waals surface area (Å²) in [6.45, 7) is 3.66. The van der Waals surface area contributed by atoms with Crippen LogP contribution in [-0.2, 0) is 5.41 Å². The van der Waals surface area contributed by atoms with Gasteiger partial charge >= 0.3 is 5.97 Å². The van der Waals surface area contributed by atoms with Gasteiger partial charge in [-0.2, -0.15) is 10.1 Å². The molecule has 2 heterocycles. The van der Waals surface area contributed by atoms with Crippen molar-refractivity contribution in [3.63, 3.8) is 0 Å². The number of carbonyl (C=O) groups is 1. The summed E-state index contributed by atoms with van der Waals surface area (Å²) in [5.41, 5.74) is 2.35. The molecule has 0 aliphatic heterocycles. The Bertz CT molecular complexity index is 1370. The summed E-state index contributed by atoms with van der Waals surface area (Å²) in [6, 6.07) is 13.6. The summed E-state index contributed by atoms with van der Waals surface area (Å²) >= 11 is 0. The number of carboxylic acids is 1. The lowest BCUT2D eigenvalue weighted by molar-refractivity contribution is 0.0696. The molecular formula is C24H20F2N4O3. The lowest BCUT2D eigenvalue weighted by Gasteiger charge is -2.13. The number of alkyl halides is 2. The minimum Gasteiger partial charge on any atom is -0.478 e. The molecule has 1 N–H and O–H groups in total. The molecule has 0 amide bonds. The van der Waals surface area contributed by atoms with Crippen LogP contribution in [0.1, 0.15) is 57.8 Å². The predicted octanol–water partition coefficient (Wildman–Crippen LogP) is 5.25. The quantitative estimate of drug-likeness (QED) is 0.431. The highest BCUT2D eigenvalue weighted by molar-refractivity contribution is 5.90.